The van der Waals surface area contributed by atoms with E-state index in [1.165, 1.54) is 12.1 Å². The molecule has 1 aliphatic rings. The van der Waals surface area contributed by atoms with Gasteiger partial charge in [-0.2, -0.15) is 0 Å². The van der Waals surface area contributed by atoms with E-state index in [4.69, 9.17) is 4.98 Å². The number of hydrogen-bond donors (Lipinski definition) is 1. The van der Waals surface area contributed by atoms with E-state index >= 15 is 0 Å². The van der Waals surface area contributed by atoms with Gasteiger partial charge in [0.25, 0.3) is 0 Å². The molecule has 168 valence electrons. The van der Waals surface area contributed by atoms with Gasteiger partial charge in [-0.05, 0) is 35.7 Å². The average molecular weight is 461 g/mol. The molecule has 0 bridgehead atoms. The van der Waals surface area contributed by atoms with Crippen molar-refractivity contribution in [2.24, 2.45) is 0 Å². The normalized spacial score (nSPS) is 15.1. The summed E-state index contributed by atoms with van der Waals surface area (Å²) < 4.78 is 13.1. The molecule has 0 aliphatic carbocycles. The van der Waals surface area contributed by atoms with Crippen molar-refractivity contribution in [1.82, 2.24) is 14.8 Å². The summed E-state index contributed by atoms with van der Waals surface area (Å²) >= 11 is 1.63. The Hall–Kier alpha value is -3.13. The number of nitrogens with zero attached hydrogens (tertiary/aromatic N) is 3. The summed E-state index contributed by atoms with van der Waals surface area (Å²) in [6.45, 7) is 4.67. The summed E-state index contributed by atoms with van der Waals surface area (Å²) in [6.07, 6.45) is 0. The van der Waals surface area contributed by atoms with Gasteiger partial charge in [0.1, 0.15) is 10.8 Å². The van der Waals surface area contributed by atoms with Crippen LogP contribution in [0.5, 0.6) is 0 Å². The zero-order valence-corrected chi connectivity index (χ0v) is 19.0. The maximum atomic E-state index is 13.1. The fraction of sp³-hybridized carbons (Fsp3) is 0.231. The number of anilines is 1. The number of nitrogens with one attached hydrogen (secondary N) is 1. The molecule has 0 unspecified atom stereocenters. The van der Waals surface area contributed by atoms with Crippen LogP contribution in [0.4, 0.5) is 10.1 Å². The van der Waals surface area contributed by atoms with Crippen LogP contribution < -0.4 is 5.32 Å². The molecule has 0 radical (unpaired) electrons. The van der Waals surface area contributed by atoms with Crippen LogP contribution in [0.25, 0.3) is 22.0 Å². The maximum Gasteiger partial charge on any atom is 0.238 e. The summed E-state index contributed by atoms with van der Waals surface area (Å²) in [6, 6.07) is 20.5. The molecule has 2 heterocycles. The minimum atomic E-state index is -0.238. The third-order valence-corrected chi connectivity index (χ3v) is 6.78. The molecule has 33 heavy (non-hydrogen) atoms. The average Bonchev–Trinajstić information content (AvgIpc) is 3.29. The number of fused-ring (bicyclic) bond motifs is 1. The summed E-state index contributed by atoms with van der Waals surface area (Å²) in [7, 11) is 0. The second-order valence-corrected chi connectivity index (χ2v) is 9.20. The van der Waals surface area contributed by atoms with Crippen LogP contribution in [0.1, 0.15) is 5.01 Å². The van der Waals surface area contributed by atoms with Crippen LogP contribution in [0.3, 0.4) is 0 Å². The van der Waals surface area contributed by atoms with Crippen molar-refractivity contribution in [3.8, 4) is 11.3 Å². The van der Waals surface area contributed by atoms with Gasteiger partial charge in [-0.1, -0.05) is 36.4 Å². The van der Waals surface area contributed by atoms with Gasteiger partial charge in [0, 0.05) is 48.2 Å². The molecule has 0 atom stereocenters. The zero-order valence-electron chi connectivity index (χ0n) is 18.2. The van der Waals surface area contributed by atoms with Crippen LogP contribution >= 0.6 is 11.3 Å². The minimum absolute atomic E-state index is 0.0173. The fourth-order valence-electron chi connectivity index (χ4n) is 4.16. The molecule has 1 aromatic heterocycles. The Balaban J connectivity index is 1.12. The summed E-state index contributed by atoms with van der Waals surface area (Å²) in [5, 5.41) is 8.33. The van der Waals surface area contributed by atoms with Gasteiger partial charge in [0.2, 0.25) is 5.91 Å². The molecule has 1 fully saturated rings. The highest BCUT2D eigenvalue weighted by molar-refractivity contribution is 7.09. The lowest BCUT2D eigenvalue weighted by Gasteiger charge is -2.33. The lowest BCUT2D eigenvalue weighted by Crippen LogP contribution is -2.48. The highest BCUT2D eigenvalue weighted by Crippen LogP contribution is 2.24. The number of rotatable bonds is 6. The van der Waals surface area contributed by atoms with Crippen molar-refractivity contribution in [2.45, 2.75) is 6.54 Å². The van der Waals surface area contributed by atoms with Crippen molar-refractivity contribution >= 4 is 33.7 Å². The fourth-order valence-corrected chi connectivity index (χ4v) is 5.01. The van der Waals surface area contributed by atoms with E-state index in [1.54, 1.807) is 23.5 Å². The molecule has 3 aromatic carbocycles. The first-order chi connectivity index (χ1) is 16.1. The van der Waals surface area contributed by atoms with Crippen LogP contribution in [0.15, 0.2) is 72.1 Å². The van der Waals surface area contributed by atoms with Gasteiger partial charge in [0.05, 0.1) is 18.8 Å². The third-order valence-electron chi connectivity index (χ3n) is 5.95. The molecular formula is C26H25FN4OS. The zero-order chi connectivity index (χ0) is 22.6. The number of halogens is 1. The van der Waals surface area contributed by atoms with E-state index in [-0.39, 0.29) is 11.7 Å². The van der Waals surface area contributed by atoms with Gasteiger partial charge in [-0.15, -0.1) is 11.3 Å². The Morgan fingerprint density at radius 1 is 0.939 bits per heavy atom. The molecule has 1 aliphatic heterocycles. The number of hydrogen-bond acceptors (Lipinski definition) is 5. The van der Waals surface area contributed by atoms with E-state index in [9.17, 15) is 9.18 Å². The van der Waals surface area contributed by atoms with E-state index in [0.717, 1.165) is 65.4 Å². The second-order valence-electron chi connectivity index (χ2n) is 8.26. The Morgan fingerprint density at radius 3 is 2.48 bits per heavy atom. The first-order valence-electron chi connectivity index (χ1n) is 11.1. The van der Waals surface area contributed by atoms with Crippen LogP contribution in [0, 0.1) is 5.82 Å². The predicted octanol–water partition coefficient (Wildman–Crippen LogP) is 4.86. The Bertz CT molecular complexity index is 1240. The van der Waals surface area contributed by atoms with Crippen LogP contribution in [0.2, 0.25) is 0 Å². The molecule has 5 rings (SSSR count). The van der Waals surface area contributed by atoms with Crippen molar-refractivity contribution in [1.29, 1.82) is 0 Å². The maximum absolute atomic E-state index is 13.1. The van der Waals surface area contributed by atoms with E-state index in [1.807, 2.05) is 35.7 Å². The molecule has 1 N–H and O–H groups in total. The van der Waals surface area contributed by atoms with Crippen LogP contribution in [-0.4, -0.2) is 53.4 Å². The number of carbonyl (C=O) groups is 1. The number of piperazine rings is 1. The van der Waals surface area contributed by atoms with E-state index in [2.05, 4.69) is 27.2 Å². The molecule has 1 amide bonds. The summed E-state index contributed by atoms with van der Waals surface area (Å²) in [5.74, 6) is -0.221. The first kappa shape index (κ1) is 21.7. The Morgan fingerprint density at radius 2 is 1.67 bits per heavy atom. The topological polar surface area (TPSA) is 48.5 Å². The van der Waals surface area contributed by atoms with Gasteiger partial charge in [-0.25, -0.2) is 9.37 Å². The van der Waals surface area contributed by atoms with Gasteiger partial charge < -0.3 is 5.32 Å². The van der Waals surface area contributed by atoms with Gasteiger partial charge in [0.15, 0.2) is 0 Å². The SMILES string of the molecule is O=C(CN1CCN(Cc2nc(-c3ccc(F)cc3)cs2)CC1)Nc1cccc2ccccc12. The molecule has 4 aromatic rings. The number of carbonyl (C=O) groups excluding carboxylic acids is 1. The molecule has 7 heteroatoms. The first-order valence-corrected chi connectivity index (χ1v) is 11.9. The highest BCUT2D eigenvalue weighted by Gasteiger charge is 2.20. The van der Waals surface area contributed by atoms with E-state index < -0.39 is 0 Å². The van der Waals surface area contributed by atoms with Crippen molar-refractivity contribution < 1.29 is 9.18 Å². The van der Waals surface area contributed by atoms with Gasteiger partial charge >= 0.3 is 0 Å². The summed E-state index contributed by atoms with van der Waals surface area (Å²) in [4.78, 5) is 21.9. The number of thiazole rings is 1. The molecule has 0 saturated carbocycles. The monoisotopic (exact) mass is 460 g/mol. The largest absolute Gasteiger partial charge is 0.324 e. The quantitative estimate of drug-likeness (QED) is 0.447. The molecule has 0 spiro atoms. The number of amides is 1. The van der Waals surface area contributed by atoms with Crippen molar-refractivity contribution in [3.63, 3.8) is 0 Å². The number of aromatic nitrogens is 1. The molecular weight excluding hydrogens is 435 g/mol. The summed E-state index contributed by atoms with van der Waals surface area (Å²) in [5.41, 5.74) is 2.68. The van der Waals surface area contributed by atoms with Gasteiger partial charge in [-0.3, -0.25) is 14.6 Å². The van der Waals surface area contributed by atoms with Crippen LogP contribution in [-0.2, 0) is 11.3 Å². The Labute approximate surface area is 196 Å². The second kappa shape index (κ2) is 9.79. The van der Waals surface area contributed by atoms with Crippen molar-refractivity contribution in [3.05, 3.63) is 82.9 Å². The predicted molar refractivity (Wildman–Crippen MR) is 132 cm³/mol. The minimum Gasteiger partial charge on any atom is -0.324 e. The number of benzene rings is 3. The molecule has 1 saturated heterocycles. The highest BCUT2D eigenvalue weighted by atomic mass is 32.1. The Kier molecular flexibility index (Phi) is 6.44. The third kappa shape index (κ3) is 5.27. The van der Waals surface area contributed by atoms with Crippen molar-refractivity contribution in [2.75, 3.05) is 38.0 Å². The standard InChI is InChI=1S/C26H25FN4OS/c27-21-10-8-20(9-11-21)24-18-33-26(29-24)17-31-14-12-30(13-15-31)16-25(32)28-23-7-3-5-19-4-1-2-6-22(19)23/h1-11,18H,12-17H2,(H,28,32). The van der Waals surface area contributed by atoms with E-state index in [0.29, 0.717) is 6.54 Å². The lowest BCUT2D eigenvalue weighted by molar-refractivity contribution is -0.117. The lowest BCUT2D eigenvalue weighted by atomic mass is 10.1. The molecule has 5 nitrogen and oxygen atoms in total. The smallest absolute Gasteiger partial charge is 0.238 e.